The Morgan fingerprint density at radius 1 is 1.20 bits per heavy atom. The molecule has 0 aliphatic heterocycles. The van der Waals surface area contributed by atoms with E-state index in [4.69, 9.17) is 15.2 Å². The normalized spacial score (nSPS) is 12.2. The third-order valence-corrected chi connectivity index (χ3v) is 3.55. The Bertz CT molecular complexity index is 611. The quantitative estimate of drug-likeness (QED) is 0.636. The van der Waals surface area contributed by atoms with Gasteiger partial charge in [-0.15, -0.1) is 0 Å². The molecule has 1 aromatic carbocycles. The highest BCUT2D eigenvalue weighted by Crippen LogP contribution is 2.28. The number of amides is 2. The standard InChI is InChI=1S/C19H28N2O4/c1-13(2)5-6-14(3)21-19(23)10-8-15-7-9-16(17(11-15)24-4)25-12-18(20)22/h7-11,13-14H,5-6,12H2,1-4H3,(H2,20,22)(H,21,23)/b10-8+. The first-order valence-corrected chi connectivity index (χ1v) is 8.39. The van der Waals surface area contributed by atoms with Crippen molar-refractivity contribution in [3.05, 3.63) is 29.8 Å². The maximum atomic E-state index is 12.0. The van der Waals surface area contributed by atoms with Gasteiger partial charge < -0.3 is 20.5 Å². The van der Waals surface area contributed by atoms with Crippen LogP contribution in [0.25, 0.3) is 6.08 Å². The van der Waals surface area contributed by atoms with Gasteiger partial charge in [-0.1, -0.05) is 19.9 Å². The maximum absolute atomic E-state index is 12.0. The molecule has 0 aliphatic carbocycles. The minimum atomic E-state index is -0.561. The molecule has 1 aromatic rings. The number of carbonyl (C=O) groups is 2. The second-order valence-electron chi connectivity index (χ2n) is 6.38. The van der Waals surface area contributed by atoms with Crippen molar-refractivity contribution in [3.8, 4) is 11.5 Å². The first-order chi connectivity index (χ1) is 11.8. The molecule has 0 spiro atoms. The fraction of sp³-hybridized carbons (Fsp3) is 0.474. The van der Waals surface area contributed by atoms with Crippen molar-refractivity contribution < 1.29 is 19.1 Å². The van der Waals surface area contributed by atoms with Gasteiger partial charge in [0.25, 0.3) is 5.91 Å². The number of methoxy groups -OCH3 is 1. The second-order valence-corrected chi connectivity index (χ2v) is 6.38. The summed E-state index contributed by atoms with van der Waals surface area (Å²) < 4.78 is 10.5. The predicted molar refractivity (Wildman–Crippen MR) is 98.4 cm³/mol. The molecular weight excluding hydrogens is 320 g/mol. The van der Waals surface area contributed by atoms with Gasteiger partial charge in [-0.25, -0.2) is 0 Å². The average molecular weight is 348 g/mol. The van der Waals surface area contributed by atoms with E-state index < -0.39 is 5.91 Å². The van der Waals surface area contributed by atoms with Gasteiger partial charge in [0.1, 0.15) is 0 Å². The fourth-order valence-corrected chi connectivity index (χ4v) is 2.17. The van der Waals surface area contributed by atoms with E-state index in [9.17, 15) is 9.59 Å². The van der Waals surface area contributed by atoms with Gasteiger partial charge in [-0.2, -0.15) is 0 Å². The topological polar surface area (TPSA) is 90.7 Å². The molecule has 0 aromatic heterocycles. The zero-order valence-corrected chi connectivity index (χ0v) is 15.4. The number of nitrogens with one attached hydrogen (secondary N) is 1. The molecule has 6 nitrogen and oxygen atoms in total. The molecule has 0 radical (unpaired) electrons. The molecule has 138 valence electrons. The lowest BCUT2D eigenvalue weighted by atomic mass is 10.0. The zero-order valence-electron chi connectivity index (χ0n) is 15.4. The minimum Gasteiger partial charge on any atom is -0.493 e. The van der Waals surface area contributed by atoms with Crippen molar-refractivity contribution in [2.75, 3.05) is 13.7 Å². The van der Waals surface area contributed by atoms with Crippen LogP contribution in [-0.4, -0.2) is 31.6 Å². The zero-order chi connectivity index (χ0) is 18.8. The lowest BCUT2D eigenvalue weighted by Gasteiger charge is -2.13. The number of ether oxygens (including phenoxy) is 2. The fourth-order valence-electron chi connectivity index (χ4n) is 2.17. The Hall–Kier alpha value is -2.50. The monoisotopic (exact) mass is 348 g/mol. The summed E-state index contributed by atoms with van der Waals surface area (Å²) in [5.41, 5.74) is 5.85. The van der Waals surface area contributed by atoms with Crippen molar-refractivity contribution in [1.82, 2.24) is 5.32 Å². The molecule has 25 heavy (non-hydrogen) atoms. The van der Waals surface area contributed by atoms with E-state index in [0.717, 1.165) is 18.4 Å². The minimum absolute atomic E-state index is 0.135. The van der Waals surface area contributed by atoms with Crippen LogP contribution in [0.1, 0.15) is 39.2 Å². The van der Waals surface area contributed by atoms with Crippen molar-refractivity contribution in [3.63, 3.8) is 0 Å². The van der Waals surface area contributed by atoms with E-state index in [1.54, 1.807) is 24.3 Å². The molecule has 1 atom stereocenters. The molecular formula is C19H28N2O4. The lowest BCUT2D eigenvalue weighted by molar-refractivity contribution is -0.120. The van der Waals surface area contributed by atoms with Crippen LogP contribution >= 0.6 is 0 Å². The van der Waals surface area contributed by atoms with E-state index in [-0.39, 0.29) is 18.6 Å². The molecule has 0 saturated carbocycles. The number of hydrogen-bond acceptors (Lipinski definition) is 4. The van der Waals surface area contributed by atoms with Crippen molar-refractivity contribution in [2.24, 2.45) is 11.7 Å². The van der Waals surface area contributed by atoms with Gasteiger partial charge >= 0.3 is 0 Å². The predicted octanol–water partition coefficient (Wildman–Crippen LogP) is 2.51. The summed E-state index contributed by atoms with van der Waals surface area (Å²) in [6, 6.07) is 5.30. The van der Waals surface area contributed by atoms with Crippen LogP contribution in [0, 0.1) is 5.92 Å². The summed E-state index contributed by atoms with van der Waals surface area (Å²) >= 11 is 0. The molecule has 1 rings (SSSR count). The van der Waals surface area contributed by atoms with E-state index in [1.807, 2.05) is 6.92 Å². The SMILES string of the molecule is COc1cc(/C=C/C(=O)NC(C)CCC(C)C)ccc1OCC(N)=O. The number of benzene rings is 1. The smallest absolute Gasteiger partial charge is 0.255 e. The number of hydrogen-bond donors (Lipinski definition) is 2. The molecule has 0 heterocycles. The number of nitrogens with two attached hydrogens (primary N) is 1. The Morgan fingerprint density at radius 2 is 1.92 bits per heavy atom. The summed E-state index contributed by atoms with van der Waals surface area (Å²) in [4.78, 5) is 22.8. The Balaban J connectivity index is 2.64. The lowest BCUT2D eigenvalue weighted by Crippen LogP contribution is -2.31. The molecule has 1 unspecified atom stereocenters. The summed E-state index contributed by atoms with van der Waals surface area (Å²) in [7, 11) is 1.50. The molecule has 0 aliphatic rings. The maximum Gasteiger partial charge on any atom is 0.255 e. The van der Waals surface area contributed by atoms with Gasteiger partial charge in [0.05, 0.1) is 7.11 Å². The van der Waals surface area contributed by atoms with Crippen molar-refractivity contribution >= 4 is 17.9 Å². The van der Waals surface area contributed by atoms with Crippen LogP contribution in [0.3, 0.4) is 0 Å². The van der Waals surface area contributed by atoms with Crippen LogP contribution in [0.15, 0.2) is 24.3 Å². The molecule has 2 amide bonds. The Kier molecular flexibility index (Phi) is 8.53. The number of rotatable bonds is 10. The third kappa shape index (κ3) is 8.24. The first kappa shape index (κ1) is 20.5. The van der Waals surface area contributed by atoms with Gasteiger partial charge in [0.15, 0.2) is 18.1 Å². The Labute approximate surface area is 149 Å². The van der Waals surface area contributed by atoms with Gasteiger partial charge in [0.2, 0.25) is 5.91 Å². The highest BCUT2D eigenvalue weighted by Gasteiger charge is 2.08. The number of primary amides is 1. The summed E-state index contributed by atoms with van der Waals surface area (Å²) in [5, 5.41) is 2.95. The van der Waals surface area contributed by atoms with Crippen LogP contribution < -0.4 is 20.5 Å². The Morgan fingerprint density at radius 3 is 2.52 bits per heavy atom. The highest BCUT2D eigenvalue weighted by atomic mass is 16.5. The van der Waals surface area contributed by atoms with Gasteiger partial charge in [-0.3, -0.25) is 9.59 Å². The van der Waals surface area contributed by atoms with Crippen LogP contribution in [0.5, 0.6) is 11.5 Å². The van der Waals surface area contributed by atoms with E-state index in [2.05, 4.69) is 19.2 Å². The highest BCUT2D eigenvalue weighted by molar-refractivity contribution is 5.92. The van der Waals surface area contributed by atoms with Crippen LogP contribution in [0.2, 0.25) is 0 Å². The van der Waals surface area contributed by atoms with Crippen LogP contribution in [0.4, 0.5) is 0 Å². The van der Waals surface area contributed by atoms with Gasteiger partial charge in [0, 0.05) is 12.1 Å². The van der Waals surface area contributed by atoms with Crippen molar-refractivity contribution in [2.45, 2.75) is 39.7 Å². The van der Waals surface area contributed by atoms with Crippen LogP contribution in [-0.2, 0) is 9.59 Å². The second kappa shape index (κ2) is 10.4. The largest absolute Gasteiger partial charge is 0.493 e. The first-order valence-electron chi connectivity index (χ1n) is 8.39. The molecule has 0 saturated heterocycles. The molecule has 3 N–H and O–H groups in total. The summed E-state index contributed by atoms with van der Waals surface area (Å²) in [6.07, 6.45) is 5.22. The summed E-state index contributed by atoms with van der Waals surface area (Å²) in [5.74, 6) is 0.815. The van der Waals surface area contributed by atoms with Gasteiger partial charge in [-0.05, 0) is 49.5 Å². The van der Waals surface area contributed by atoms with E-state index >= 15 is 0 Å². The number of carbonyl (C=O) groups excluding carboxylic acids is 2. The molecule has 6 heteroatoms. The summed E-state index contributed by atoms with van der Waals surface area (Å²) in [6.45, 7) is 6.11. The molecule has 0 bridgehead atoms. The van der Waals surface area contributed by atoms with E-state index in [1.165, 1.54) is 13.2 Å². The molecule has 0 fully saturated rings. The third-order valence-electron chi connectivity index (χ3n) is 3.55. The van der Waals surface area contributed by atoms with E-state index in [0.29, 0.717) is 17.4 Å². The van der Waals surface area contributed by atoms with Crippen molar-refractivity contribution in [1.29, 1.82) is 0 Å². The average Bonchev–Trinajstić information content (AvgIpc) is 2.56.